The van der Waals surface area contributed by atoms with E-state index < -0.39 is 11.8 Å². The third-order valence-electron chi connectivity index (χ3n) is 3.28. The molecule has 1 atom stereocenters. The molecule has 0 radical (unpaired) electrons. The summed E-state index contributed by atoms with van der Waals surface area (Å²) in [5.74, 6) is 0. The van der Waals surface area contributed by atoms with E-state index in [0.717, 1.165) is 18.4 Å². The minimum atomic E-state index is -0.558. The van der Waals surface area contributed by atoms with E-state index >= 15 is 0 Å². The van der Waals surface area contributed by atoms with Crippen molar-refractivity contribution in [3.8, 4) is 0 Å². The predicted molar refractivity (Wildman–Crippen MR) is 60.1 cm³/mol. The van der Waals surface area contributed by atoms with Gasteiger partial charge in [-0.3, -0.25) is 0 Å². The van der Waals surface area contributed by atoms with Crippen molar-refractivity contribution in [2.24, 2.45) is 0 Å². The van der Waals surface area contributed by atoms with Gasteiger partial charge in [-0.05, 0) is 18.4 Å². The number of ether oxygens (including phenoxy) is 2. The molecule has 1 aliphatic rings. The Morgan fingerprint density at radius 2 is 1.81 bits per heavy atom. The van der Waals surface area contributed by atoms with Crippen LogP contribution in [0.15, 0.2) is 30.3 Å². The molecule has 0 aliphatic carbocycles. The van der Waals surface area contributed by atoms with Crippen molar-refractivity contribution in [3.05, 3.63) is 35.9 Å². The summed E-state index contributed by atoms with van der Waals surface area (Å²) in [7, 11) is 0. The maximum absolute atomic E-state index is 11.3. The quantitative estimate of drug-likeness (QED) is 0.732. The third kappa shape index (κ3) is 1.66. The predicted octanol–water partition coefficient (Wildman–Crippen LogP) is 3.45. The monoisotopic (exact) mass is 220 g/mol. The van der Waals surface area contributed by atoms with Crippen molar-refractivity contribution in [3.63, 3.8) is 0 Å². The highest BCUT2D eigenvalue weighted by atomic mass is 16.8. The molecule has 0 amide bonds. The second kappa shape index (κ2) is 4.16. The highest BCUT2D eigenvalue weighted by Gasteiger charge is 2.49. The van der Waals surface area contributed by atoms with E-state index in [1.807, 2.05) is 44.2 Å². The standard InChI is InChI=1S/C13H16O3/c1-3-13(4-2)11(15-12(14)16-13)10-8-6-5-7-9-10/h5-9,11H,3-4H2,1-2H3/t11-/m1/s1. The molecule has 0 N–H and O–H groups in total. The molecule has 0 saturated carbocycles. The van der Waals surface area contributed by atoms with Crippen LogP contribution >= 0.6 is 0 Å². The van der Waals surface area contributed by atoms with Crippen LogP contribution in [-0.4, -0.2) is 11.8 Å². The van der Waals surface area contributed by atoms with Gasteiger partial charge in [0, 0.05) is 0 Å². The fraction of sp³-hybridized carbons (Fsp3) is 0.462. The van der Waals surface area contributed by atoms with Crippen molar-refractivity contribution in [2.75, 3.05) is 0 Å². The Hall–Kier alpha value is -1.51. The fourth-order valence-electron chi connectivity index (χ4n) is 2.21. The Labute approximate surface area is 95.4 Å². The zero-order valence-electron chi connectivity index (χ0n) is 9.60. The Bertz CT molecular complexity index is 368. The molecule has 0 aromatic heterocycles. The SMILES string of the molecule is CCC1(CC)OC(=O)O[C@@H]1c1ccccc1. The zero-order chi connectivity index (χ0) is 11.6. The topological polar surface area (TPSA) is 35.5 Å². The first kappa shape index (κ1) is 11.0. The van der Waals surface area contributed by atoms with Crippen LogP contribution in [0.1, 0.15) is 38.4 Å². The second-order valence-corrected chi connectivity index (χ2v) is 4.03. The first-order valence-corrected chi connectivity index (χ1v) is 5.66. The van der Waals surface area contributed by atoms with Gasteiger partial charge in [0.05, 0.1) is 0 Å². The average molecular weight is 220 g/mol. The number of carbonyl (C=O) groups is 1. The van der Waals surface area contributed by atoms with Crippen LogP contribution in [0.25, 0.3) is 0 Å². The second-order valence-electron chi connectivity index (χ2n) is 4.03. The Morgan fingerprint density at radius 1 is 1.19 bits per heavy atom. The molecular weight excluding hydrogens is 204 g/mol. The fourth-order valence-corrected chi connectivity index (χ4v) is 2.21. The van der Waals surface area contributed by atoms with Gasteiger partial charge in [-0.15, -0.1) is 0 Å². The smallest absolute Gasteiger partial charge is 0.423 e. The van der Waals surface area contributed by atoms with Gasteiger partial charge in [0.2, 0.25) is 0 Å². The molecule has 1 saturated heterocycles. The number of hydrogen-bond donors (Lipinski definition) is 0. The van der Waals surface area contributed by atoms with E-state index in [0.29, 0.717) is 0 Å². The molecule has 86 valence electrons. The lowest BCUT2D eigenvalue weighted by atomic mass is 9.86. The number of rotatable bonds is 3. The van der Waals surface area contributed by atoms with Crippen molar-refractivity contribution in [1.82, 2.24) is 0 Å². The van der Waals surface area contributed by atoms with Gasteiger partial charge in [-0.2, -0.15) is 0 Å². The molecule has 3 nitrogen and oxygen atoms in total. The summed E-state index contributed by atoms with van der Waals surface area (Å²) in [6.07, 6.45) is 0.678. The van der Waals surface area contributed by atoms with Crippen LogP contribution in [0.4, 0.5) is 4.79 Å². The number of cyclic esters (lactones) is 2. The molecule has 0 spiro atoms. The van der Waals surface area contributed by atoms with Crippen LogP contribution in [-0.2, 0) is 9.47 Å². The van der Waals surface area contributed by atoms with Crippen LogP contribution < -0.4 is 0 Å². The van der Waals surface area contributed by atoms with Gasteiger partial charge in [0.15, 0.2) is 11.7 Å². The van der Waals surface area contributed by atoms with Crippen molar-refractivity contribution in [1.29, 1.82) is 0 Å². The molecule has 1 aromatic carbocycles. The highest BCUT2D eigenvalue weighted by molar-refractivity contribution is 5.64. The van der Waals surface area contributed by atoms with E-state index in [4.69, 9.17) is 9.47 Å². The summed E-state index contributed by atoms with van der Waals surface area (Å²) in [5.41, 5.74) is 0.496. The van der Waals surface area contributed by atoms with Gasteiger partial charge in [-0.1, -0.05) is 44.2 Å². The highest BCUT2D eigenvalue weighted by Crippen LogP contribution is 2.43. The summed E-state index contributed by atoms with van der Waals surface area (Å²) in [4.78, 5) is 11.3. The molecule has 1 fully saturated rings. The summed E-state index contributed by atoms with van der Waals surface area (Å²) in [6.45, 7) is 4.03. The lowest BCUT2D eigenvalue weighted by molar-refractivity contribution is 0.0202. The van der Waals surface area contributed by atoms with Gasteiger partial charge >= 0.3 is 6.16 Å². The number of carbonyl (C=O) groups excluding carboxylic acids is 1. The summed E-state index contributed by atoms with van der Waals surface area (Å²) in [6, 6.07) is 9.76. The van der Waals surface area contributed by atoms with Crippen LogP contribution in [0.5, 0.6) is 0 Å². The third-order valence-corrected chi connectivity index (χ3v) is 3.28. The maximum atomic E-state index is 11.3. The lowest BCUT2D eigenvalue weighted by Gasteiger charge is -2.28. The molecule has 2 rings (SSSR count). The largest absolute Gasteiger partial charge is 0.509 e. The van der Waals surface area contributed by atoms with Gasteiger partial charge in [0.1, 0.15) is 0 Å². The number of benzene rings is 1. The molecule has 1 aromatic rings. The molecule has 1 aliphatic heterocycles. The van der Waals surface area contributed by atoms with Crippen molar-refractivity contribution < 1.29 is 14.3 Å². The molecule has 0 unspecified atom stereocenters. The molecular formula is C13H16O3. The minimum Gasteiger partial charge on any atom is -0.423 e. The van der Waals surface area contributed by atoms with E-state index in [-0.39, 0.29) is 6.10 Å². The Morgan fingerprint density at radius 3 is 2.38 bits per heavy atom. The molecule has 16 heavy (non-hydrogen) atoms. The molecule has 3 heteroatoms. The summed E-state index contributed by atoms with van der Waals surface area (Å²) < 4.78 is 10.6. The lowest BCUT2D eigenvalue weighted by Crippen LogP contribution is -2.32. The van der Waals surface area contributed by atoms with Crippen LogP contribution in [0.2, 0.25) is 0 Å². The first-order chi connectivity index (χ1) is 7.72. The minimum absolute atomic E-state index is 0.281. The van der Waals surface area contributed by atoms with Gasteiger partial charge in [-0.25, -0.2) is 4.79 Å². The summed E-state index contributed by atoms with van der Waals surface area (Å²) in [5, 5.41) is 0. The Kier molecular flexibility index (Phi) is 2.86. The van der Waals surface area contributed by atoms with Gasteiger partial charge < -0.3 is 9.47 Å². The van der Waals surface area contributed by atoms with Gasteiger partial charge in [0.25, 0.3) is 0 Å². The average Bonchev–Trinajstić information content (AvgIpc) is 2.68. The van der Waals surface area contributed by atoms with Crippen LogP contribution in [0, 0.1) is 0 Å². The number of hydrogen-bond acceptors (Lipinski definition) is 3. The van der Waals surface area contributed by atoms with Crippen molar-refractivity contribution >= 4 is 6.16 Å². The van der Waals surface area contributed by atoms with E-state index in [9.17, 15) is 4.79 Å². The first-order valence-electron chi connectivity index (χ1n) is 5.66. The molecule has 0 bridgehead atoms. The van der Waals surface area contributed by atoms with Crippen LogP contribution in [0.3, 0.4) is 0 Å². The maximum Gasteiger partial charge on any atom is 0.509 e. The van der Waals surface area contributed by atoms with E-state index in [1.165, 1.54) is 0 Å². The Balaban J connectivity index is 2.36. The van der Waals surface area contributed by atoms with E-state index in [1.54, 1.807) is 0 Å². The zero-order valence-corrected chi connectivity index (χ0v) is 9.60. The molecule has 1 heterocycles. The normalized spacial score (nSPS) is 22.6. The summed E-state index contributed by atoms with van der Waals surface area (Å²) >= 11 is 0. The van der Waals surface area contributed by atoms with Crippen molar-refractivity contribution in [2.45, 2.75) is 38.4 Å². The van der Waals surface area contributed by atoms with E-state index in [2.05, 4.69) is 0 Å².